The van der Waals surface area contributed by atoms with E-state index in [0.29, 0.717) is 42.6 Å². The molecule has 0 saturated carbocycles. The maximum absolute atomic E-state index is 13.2. The van der Waals surface area contributed by atoms with E-state index in [1.54, 1.807) is 18.2 Å². The summed E-state index contributed by atoms with van der Waals surface area (Å²) in [5.41, 5.74) is 2.73. The lowest BCUT2D eigenvalue weighted by Gasteiger charge is -2.35. The maximum Gasteiger partial charge on any atom is 0.280 e. The smallest absolute Gasteiger partial charge is 0.280 e. The lowest BCUT2D eigenvalue weighted by Crippen LogP contribution is -2.45. The molecule has 4 aromatic rings. The van der Waals surface area contributed by atoms with E-state index in [1.165, 1.54) is 6.07 Å². The summed E-state index contributed by atoms with van der Waals surface area (Å²) in [7, 11) is 0. The number of aromatic nitrogens is 4. The van der Waals surface area contributed by atoms with Gasteiger partial charge in [-0.05, 0) is 51.8 Å². The fourth-order valence-electron chi connectivity index (χ4n) is 5.09. The number of rotatable bonds is 6. The van der Waals surface area contributed by atoms with Gasteiger partial charge in [-0.25, -0.2) is 9.38 Å². The largest absolute Gasteiger partial charge is 0.343 e. The molecule has 36 heavy (non-hydrogen) atoms. The Morgan fingerprint density at radius 2 is 1.94 bits per heavy atom. The predicted molar refractivity (Wildman–Crippen MR) is 138 cm³/mol. The van der Waals surface area contributed by atoms with Crippen molar-refractivity contribution in [3.8, 4) is 11.4 Å². The molecule has 5 rings (SSSR count). The van der Waals surface area contributed by atoms with Crippen LogP contribution in [0.3, 0.4) is 0 Å². The highest BCUT2D eigenvalue weighted by Gasteiger charge is 2.31. The van der Waals surface area contributed by atoms with Gasteiger partial charge in [0, 0.05) is 37.6 Å². The molecule has 0 spiro atoms. The van der Waals surface area contributed by atoms with Crippen molar-refractivity contribution < 1.29 is 9.72 Å². The van der Waals surface area contributed by atoms with Crippen LogP contribution in [-0.2, 0) is 4.79 Å². The van der Waals surface area contributed by atoms with Crippen molar-refractivity contribution in [3.63, 3.8) is 0 Å². The van der Waals surface area contributed by atoms with E-state index < -0.39 is 4.92 Å². The molecule has 3 heterocycles. The summed E-state index contributed by atoms with van der Waals surface area (Å²) in [6.45, 7) is 8.58. The molecule has 0 N–H and O–H groups in total. The van der Waals surface area contributed by atoms with E-state index in [2.05, 4.69) is 15.1 Å². The van der Waals surface area contributed by atoms with Crippen molar-refractivity contribution in [2.75, 3.05) is 31.1 Å². The first kappa shape index (κ1) is 23.7. The first-order valence-corrected chi connectivity index (χ1v) is 12.4. The van der Waals surface area contributed by atoms with Crippen LogP contribution in [-0.4, -0.2) is 61.5 Å². The first-order chi connectivity index (χ1) is 17.4. The topological polar surface area (TPSA) is 110 Å². The summed E-state index contributed by atoms with van der Waals surface area (Å²) < 4.78 is 1.81. The number of fused-ring (bicyclic) bond motifs is 3. The molecule has 1 fully saturated rings. The number of aryl methyl sites for hydroxylation is 1. The number of hydrogen-bond donors (Lipinski definition) is 0. The van der Waals surface area contributed by atoms with Crippen LogP contribution in [0.4, 0.5) is 11.6 Å². The molecule has 0 bridgehead atoms. The number of nitro benzene ring substituents is 1. The highest BCUT2D eigenvalue weighted by atomic mass is 16.6. The van der Waals surface area contributed by atoms with Crippen LogP contribution in [0.15, 0.2) is 42.5 Å². The lowest BCUT2D eigenvalue weighted by molar-refractivity contribution is -0.384. The Labute approximate surface area is 208 Å². The molecular weight excluding hydrogens is 458 g/mol. The van der Waals surface area contributed by atoms with Crippen molar-refractivity contribution in [2.24, 2.45) is 5.92 Å². The molecule has 1 aliphatic heterocycles. The van der Waals surface area contributed by atoms with Gasteiger partial charge < -0.3 is 9.80 Å². The van der Waals surface area contributed by atoms with Crippen molar-refractivity contribution in [2.45, 2.75) is 33.6 Å². The molecule has 1 saturated heterocycles. The SMILES string of the molecule is CCN(CC)C(=O)C1CCCN(c2nc3ccc(C)cc3c3nnc(-c4ccccc4[N+](=O)[O-])n23)C1. The van der Waals surface area contributed by atoms with Gasteiger partial charge in [-0.15, -0.1) is 10.2 Å². The third kappa shape index (κ3) is 4.02. The van der Waals surface area contributed by atoms with Gasteiger partial charge in [-0.1, -0.05) is 23.8 Å². The number of carbonyl (C=O) groups excluding carboxylic acids is 1. The zero-order valence-corrected chi connectivity index (χ0v) is 20.7. The molecule has 2 aromatic carbocycles. The standard InChI is InChI=1S/C26H29N7O3/c1-4-30(5-2)25(34)18-9-8-14-31(16-18)26-27-21-13-12-17(3)15-20(21)24-29-28-23(32(24)26)19-10-6-7-11-22(19)33(35)36/h6-7,10-13,15,18H,4-5,8-9,14,16H2,1-3H3. The van der Waals surface area contributed by atoms with E-state index in [-0.39, 0.29) is 17.5 Å². The Kier molecular flexibility index (Phi) is 6.26. The van der Waals surface area contributed by atoms with Gasteiger partial charge >= 0.3 is 0 Å². The predicted octanol–water partition coefficient (Wildman–Crippen LogP) is 4.25. The summed E-state index contributed by atoms with van der Waals surface area (Å²) in [5, 5.41) is 21.5. The molecule has 10 heteroatoms. The molecule has 2 aromatic heterocycles. The molecule has 0 radical (unpaired) electrons. The van der Waals surface area contributed by atoms with E-state index in [9.17, 15) is 14.9 Å². The van der Waals surface area contributed by atoms with Crippen LogP contribution >= 0.6 is 0 Å². The lowest BCUT2D eigenvalue weighted by atomic mass is 9.96. The minimum Gasteiger partial charge on any atom is -0.343 e. The number of nitro groups is 1. The van der Waals surface area contributed by atoms with Gasteiger partial charge in [0.2, 0.25) is 11.9 Å². The van der Waals surface area contributed by atoms with Crippen LogP contribution in [0, 0.1) is 23.0 Å². The van der Waals surface area contributed by atoms with Gasteiger partial charge in [0.25, 0.3) is 5.69 Å². The first-order valence-electron chi connectivity index (χ1n) is 12.4. The number of piperidine rings is 1. The van der Waals surface area contributed by atoms with Gasteiger partial charge in [0.05, 0.1) is 21.9 Å². The molecule has 1 amide bonds. The normalized spacial score (nSPS) is 16.0. The highest BCUT2D eigenvalue weighted by molar-refractivity contribution is 5.94. The number of benzene rings is 2. The number of hydrogen-bond acceptors (Lipinski definition) is 7. The molecule has 1 unspecified atom stereocenters. The molecular formula is C26H29N7O3. The van der Waals surface area contributed by atoms with E-state index in [1.807, 2.05) is 48.3 Å². The summed E-state index contributed by atoms with van der Waals surface area (Å²) in [6, 6.07) is 12.5. The summed E-state index contributed by atoms with van der Waals surface area (Å²) in [5.74, 6) is 0.965. The number of carbonyl (C=O) groups is 1. The third-order valence-electron chi connectivity index (χ3n) is 6.95. The number of para-hydroxylation sites is 1. The van der Waals surface area contributed by atoms with Gasteiger partial charge in [0.15, 0.2) is 11.5 Å². The molecule has 186 valence electrons. The third-order valence-corrected chi connectivity index (χ3v) is 6.95. The van der Waals surface area contributed by atoms with Crippen LogP contribution in [0.5, 0.6) is 0 Å². The summed E-state index contributed by atoms with van der Waals surface area (Å²) in [4.78, 5) is 33.6. The second-order valence-electron chi connectivity index (χ2n) is 9.18. The van der Waals surface area contributed by atoms with Crippen LogP contribution < -0.4 is 4.90 Å². The van der Waals surface area contributed by atoms with Crippen molar-refractivity contribution in [1.29, 1.82) is 0 Å². The summed E-state index contributed by atoms with van der Waals surface area (Å²) >= 11 is 0. The van der Waals surface area contributed by atoms with Gasteiger partial charge in [0.1, 0.15) is 0 Å². The zero-order chi connectivity index (χ0) is 25.4. The van der Waals surface area contributed by atoms with Crippen LogP contribution in [0.1, 0.15) is 32.3 Å². The summed E-state index contributed by atoms with van der Waals surface area (Å²) in [6.07, 6.45) is 1.66. The fraction of sp³-hybridized carbons (Fsp3) is 0.385. The zero-order valence-electron chi connectivity index (χ0n) is 20.7. The average molecular weight is 488 g/mol. The second-order valence-corrected chi connectivity index (χ2v) is 9.18. The Balaban J connectivity index is 1.70. The van der Waals surface area contributed by atoms with E-state index in [0.717, 1.165) is 35.9 Å². The van der Waals surface area contributed by atoms with Crippen molar-refractivity contribution in [1.82, 2.24) is 24.5 Å². The number of amides is 1. The molecule has 0 aliphatic carbocycles. The van der Waals surface area contributed by atoms with E-state index in [4.69, 9.17) is 4.98 Å². The van der Waals surface area contributed by atoms with Gasteiger partial charge in [-0.3, -0.25) is 14.9 Å². The van der Waals surface area contributed by atoms with Crippen LogP contribution in [0.25, 0.3) is 27.9 Å². The average Bonchev–Trinajstić information content (AvgIpc) is 3.34. The monoisotopic (exact) mass is 487 g/mol. The Hall–Kier alpha value is -4.08. The van der Waals surface area contributed by atoms with Crippen molar-refractivity contribution in [3.05, 3.63) is 58.1 Å². The maximum atomic E-state index is 13.2. The second kappa shape index (κ2) is 9.52. The Morgan fingerprint density at radius 3 is 2.69 bits per heavy atom. The Bertz CT molecular complexity index is 1460. The molecule has 10 nitrogen and oxygen atoms in total. The molecule has 1 aliphatic rings. The van der Waals surface area contributed by atoms with Gasteiger partial charge in [-0.2, -0.15) is 0 Å². The number of nitrogens with zero attached hydrogens (tertiary/aromatic N) is 7. The van der Waals surface area contributed by atoms with Crippen LogP contribution in [0.2, 0.25) is 0 Å². The Morgan fingerprint density at radius 1 is 1.17 bits per heavy atom. The molecule has 1 atom stereocenters. The fourth-order valence-corrected chi connectivity index (χ4v) is 5.09. The van der Waals surface area contributed by atoms with E-state index >= 15 is 0 Å². The highest BCUT2D eigenvalue weighted by Crippen LogP contribution is 2.34. The number of anilines is 1. The minimum absolute atomic E-state index is 0.0460. The quantitative estimate of drug-likeness (QED) is 0.295. The van der Waals surface area contributed by atoms with Crippen molar-refractivity contribution >= 4 is 34.1 Å². The minimum atomic E-state index is -0.408.